The zero-order chi connectivity index (χ0) is 16.8. The molecule has 0 bridgehead atoms. The minimum Gasteiger partial charge on any atom is -0.496 e. The van der Waals surface area contributed by atoms with Gasteiger partial charge in [-0.2, -0.15) is 0 Å². The van der Waals surface area contributed by atoms with Gasteiger partial charge in [-0.3, -0.25) is 4.79 Å². The fourth-order valence-electron chi connectivity index (χ4n) is 2.41. The first-order valence-electron chi connectivity index (χ1n) is 7.38. The molecule has 0 spiro atoms. The van der Waals surface area contributed by atoms with Crippen molar-refractivity contribution in [1.29, 1.82) is 0 Å². The van der Waals surface area contributed by atoms with Crippen LogP contribution in [0.3, 0.4) is 0 Å². The monoisotopic (exact) mass is 351 g/mol. The number of benzene rings is 2. The van der Waals surface area contributed by atoms with E-state index in [-0.39, 0.29) is 11.9 Å². The van der Waals surface area contributed by atoms with Gasteiger partial charge in [0.15, 0.2) is 0 Å². The summed E-state index contributed by atoms with van der Waals surface area (Å²) in [5.74, 6) is 0.720. The maximum Gasteiger partial charge on any atom is 0.220 e. The van der Waals surface area contributed by atoms with E-state index in [4.69, 9.17) is 27.9 Å². The van der Waals surface area contributed by atoms with Crippen LogP contribution >= 0.6 is 23.2 Å². The van der Waals surface area contributed by atoms with Crippen molar-refractivity contribution < 1.29 is 9.53 Å². The van der Waals surface area contributed by atoms with Gasteiger partial charge in [0.25, 0.3) is 0 Å². The number of para-hydroxylation sites is 1. The molecule has 1 N–H and O–H groups in total. The Labute approximate surface area is 146 Å². The fraction of sp³-hybridized carbons (Fsp3) is 0.278. The molecule has 2 aromatic rings. The van der Waals surface area contributed by atoms with Gasteiger partial charge in [-0.05, 0) is 31.0 Å². The number of rotatable bonds is 6. The van der Waals surface area contributed by atoms with Crippen molar-refractivity contribution in [1.82, 2.24) is 5.32 Å². The van der Waals surface area contributed by atoms with E-state index in [0.717, 1.165) is 16.9 Å². The average molecular weight is 352 g/mol. The van der Waals surface area contributed by atoms with Crippen molar-refractivity contribution in [2.75, 3.05) is 7.11 Å². The first-order valence-corrected chi connectivity index (χ1v) is 8.13. The van der Waals surface area contributed by atoms with Crippen molar-refractivity contribution in [2.24, 2.45) is 0 Å². The number of carbonyl (C=O) groups is 1. The van der Waals surface area contributed by atoms with Crippen LogP contribution in [0, 0.1) is 0 Å². The van der Waals surface area contributed by atoms with Gasteiger partial charge in [0.2, 0.25) is 5.91 Å². The van der Waals surface area contributed by atoms with Gasteiger partial charge in [0.1, 0.15) is 5.75 Å². The number of hydrogen-bond acceptors (Lipinski definition) is 2. The Morgan fingerprint density at radius 3 is 2.65 bits per heavy atom. The molecule has 0 radical (unpaired) electrons. The molecule has 1 unspecified atom stereocenters. The SMILES string of the molecule is COc1ccccc1C(C)NC(=O)CCc1cccc(Cl)c1Cl. The summed E-state index contributed by atoms with van der Waals surface area (Å²) in [6, 6.07) is 13.0. The molecular formula is C18H19Cl2NO2. The Hall–Kier alpha value is -1.71. The van der Waals surface area contributed by atoms with E-state index >= 15 is 0 Å². The number of amides is 1. The second kappa shape index (κ2) is 8.23. The molecule has 0 saturated heterocycles. The van der Waals surface area contributed by atoms with Crippen LogP contribution < -0.4 is 10.1 Å². The Morgan fingerprint density at radius 1 is 1.17 bits per heavy atom. The van der Waals surface area contributed by atoms with E-state index in [2.05, 4.69) is 5.32 Å². The number of ether oxygens (including phenoxy) is 1. The summed E-state index contributed by atoms with van der Waals surface area (Å²) in [7, 11) is 1.62. The Kier molecular flexibility index (Phi) is 6.31. The molecular weight excluding hydrogens is 333 g/mol. The molecule has 2 rings (SSSR count). The Bertz CT molecular complexity index is 688. The third kappa shape index (κ3) is 4.63. The summed E-state index contributed by atoms with van der Waals surface area (Å²) in [5, 5.41) is 4.00. The highest BCUT2D eigenvalue weighted by molar-refractivity contribution is 6.42. The van der Waals surface area contributed by atoms with Crippen molar-refractivity contribution >= 4 is 29.1 Å². The van der Waals surface area contributed by atoms with E-state index in [1.807, 2.05) is 43.3 Å². The predicted octanol–water partition coefficient (Wildman–Crippen LogP) is 4.81. The molecule has 0 aromatic heterocycles. The van der Waals surface area contributed by atoms with Gasteiger partial charge in [-0.1, -0.05) is 53.5 Å². The highest BCUT2D eigenvalue weighted by Crippen LogP contribution is 2.27. The van der Waals surface area contributed by atoms with Crippen molar-refractivity contribution in [3.8, 4) is 5.75 Å². The summed E-state index contributed by atoms with van der Waals surface area (Å²) in [6.45, 7) is 1.93. The first kappa shape index (κ1) is 17.6. The normalized spacial score (nSPS) is 11.8. The largest absolute Gasteiger partial charge is 0.496 e. The molecule has 122 valence electrons. The number of nitrogens with one attached hydrogen (secondary N) is 1. The lowest BCUT2D eigenvalue weighted by Gasteiger charge is -2.17. The first-order chi connectivity index (χ1) is 11.0. The third-order valence-corrected chi connectivity index (χ3v) is 4.49. The van der Waals surface area contributed by atoms with E-state index in [1.165, 1.54) is 0 Å². The lowest BCUT2D eigenvalue weighted by Crippen LogP contribution is -2.27. The van der Waals surface area contributed by atoms with Crippen molar-refractivity contribution in [2.45, 2.75) is 25.8 Å². The van der Waals surface area contributed by atoms with Gasteiger partial charge in [-0.25, -0.2) is 0 Å². The molecule has 1 atom stereocenters. The van der Waals surface area contributed by atoms with Crippen LogP contribution in [0.15, 0.2) is 42.5 Å². The molecule has 0 fully saturated rings. The smallest absolute Gasteiger partial charge is 0.220 e. The number of halogens is 2. The lowest BCUT2D eigenvalue weighted by atomic mass is 10.1. The molecule has 5 heteroatoms. The minimum absolute atomic E-state index is 0.0422. The molecule has 0 aliphatic heterocycles. The maximum absolute atomic E-state index is 12.2. The average Bonchev–Trinajstić information content (AvgIpc) is 2.56. The fourth-order valence-corrected chi connectivity index (χ4v) is 2.82. The summed E-state index contributed by atoms with van der Waals surface area (Å²) >= 11 is 12.1. The van der Waals surface area contributed by atoms with Crippen molar-refractivity contribution in [3.63, 3.8) is 0 Å². The van der Waals surface area contributed by atoms with Crippen LogP contribution in [-0.2, 0) is 11.2 Å². The zero-order valence-corrected chi connectivity index (χ0v) is 14.6. The molecule has 0 aliphatic carbocycles. The third-order valence-electron chi connectivity index (χ3n) is 3.64. The standard InChI is InChI=1S/C18H19Cl2NO2/c1-12(14-7-3-4-9-16(14)23-2)21-17(22)11-10-13-6-5-8-15(19)18(13)20/h3-9,12H,10-11H2,1-2H3,(H,21,22). The summed E-state index contributed by atoms with van der Waals surface area (Å²) in [4.78, 5) is 12.2. The number of carbonyl (C=O) groups excluding carboxylic acids is 1. The van der Waals surface area contributed by atoms with Crippen LogP contribution in [-0.4, -0.2) is 13.0 Å². The van der Waals surface area contributed by atoms with Gasteiger partial charge in [0.05, 0.1) is 23.2 Å². The number of methoxy groups -OCH3 is 1. The number of aryl methyl sites for hydroxylation is 1. The van der Waals surface area contributed by atoms with E-state index in [0.29, 0.717) is 22.9 Å². The number of hydrogen-bond donors (Lipinski definition) is 1. The maximum atomic E-state index is 12.2. The summed E-state index contributed by atoms with van der Waals surface area (Å²) < 4.78 is 5.32. The minimum atomic E-state index is -0.131. The molecule has 0 saturated carbocycles. The molecule has 3 nitrogen and oxygen atoms in total. The second-order valence-corrected chi connectivity index (χ2v) is 6.03. The van der Waals surface area contributed by atoms with Crippen LogP contribution in [0.2, 0.25) is 10.0 Å². The van der Waals surface area contributed by atoms with Gasteiger partial charge in [0, 0.05) is 12.0 Å². The van der Waals surface area contributed by atoms with E-state index in [9.17, 15) is 4.79 Å². The van der Waals surface area contributed by atoms with Crippen LogP contribution in [0.1, 0.15) is 30.5 Å². The lowest BCUT2D eigenvalue weighted by molar-refractivity contribution is -0.121. The molecule has 1 amide bonds. The highest BCUT2D eigenvalue weighted by atomic mass is 35.5. The van der Waals surface area contributed by atoms with Crippen LogP contribution in [0.5, 0.6) is 5.75 Å². The summed E-state index contributed by atoms with van der Waals surface area (Å²) in [6.07, 6.45) is 0.892. The van der Waals surface area contributed by atoms with Crippen molar-refractivity contribution in [3.05, 3.63) is 63.6 Å². The van der Waals surface area contributed by atoms with Crippen LogP contribution in [0.4, 0.5) is 0 Å². The topological polar surface area (TPSA) is 38.3 Å². The molecule has 0 heterocycles. The Balaban J connectivity index is 1.95. The molecule has 0 aliphatic rings. The van der Waals surface area contributed by atoms with E-state index < -0.39 is 0 Å². The van der Waals surface area contributed by atoms with Gasteiger partial charge < -0.3 is 10.1 Å². The quantitative estimate of drug-likeness (QED) is 0.810. The molecule has 2 aromatic carbocycles. The van der Waals surface area contributed by atoms with Gasteiger partial charge in [-0.15, -0.1) is 0 Å². The van der Waals surface area contributed by atoms with Gasteiger partial charge >= 0.3 is 0 Å². The Morgan fingerprint density at radius 2 is 1.91 bits per heavy atom. The molecule has 23 heavy (non-hydrogen) atoms. The second-order valence-electron chi connectivity index (χ2n) is 5.24. The van der Waals surface area contributed by atoms with Crippen LogP contribution in [0.25, 0.3) is 0 Å². The van der Waals surface area contributed by atoms with E-state index in [1.54, 1.807) is 13.2 Å². The predicted molar refractivity (Wildman–Crippen MR) is 94.3 cm³/mol. The summed E-state index contributed by atoms with van der Waals surface area (Å²) in [5.41, 5.74) is 1.82. The highest BCUT2D eigenvalue weighted by Gasteiger charge is 2.14. The zero-order valence-electron chi connectivity index (χ0n) is 13.1.